The van der Waals surface area contributed by atoms with Crippen molar-refractivity contribution in [3.05, 3.63) is 33.3 Å². The van der Waals surface area contributed by atoms with Crippen LogP contribution in [0.2, 0.25) is 5.02 Å². The molecule has 0 bridgehead atoms. The molecule has 0 aliphatic carbocycles. The number of carboxylic acid groups (broad SMARTS) is 2. The molecule has 0 unspecified atom stereocenters. The molecule has 2 N–H and O–H groups in total. The molecule has 0 amide bonds. The summed E-state index contributed by atoms with van der Waals surface area (Å²) in [6, 6.07) is 1.37. The molecule has 0 radical (unpaired) electrons. The van der Waals surface area contributed by atoms with Crippen molar-refractivity contribution in [3.8, 4) is 0 Å². The van der Waals surface area contributed by atoms with Crippen molar-refractivity contribution in [3.63, 3.8) is 0 Å². The molecule has 0 saturated carbocycles. The molecule has 0 heterocycles. The molecule has 0 saturated heterocycles. The highest BCUT2D eigenvalue weighted by molar-refractivity contribution is 6.34. The van der Waals surface area contributed by atoms with Crippen molar-refractivity contribution in [2.45, 2.75) is 13.8 Å². The lowest BCUT2D eigenvalue weighted by Gasteiger charge is -2.09. The van der Waals surface area contributed by atoms with Gasteiger partial charge in [-0.1, -0.05) is 11.6 Å². The van der Waals surface area contributed by atoms with E-state index in [2.05, 4.69) is 0 Å². The summed E-state index contributed by atoms with van der Waals surface area (Å²) in [5.41, 5.74) is 0.436. The minimum absolute atomic E-state index is 0.0331. The summed E-state index contributed by atoms with van der Waals surface area (Å²) in [4.78, 5) is 21.7. The Morgan fingerprint density at radius 3 is 2.13 bits per heavy atom. The summed E-state index contributed by atoms with van der Waals surface area (Å²) in [6.07, 6.45) is 0. The van der Waals surface area contributed by atoms with Crippen LogP contribution in [-0.2, 0) is 0 Å². The fourth-order valence-corrected chi connectivity index (χ4v) is 1.64. The molecule has 1 rings (SSSR count). The van der Waals surface area contributed by atoms with Crippen LogP contribution < -0.4 is 0 Å². The van der Waals surface area contributed by atoms with E-state index >= 15 is 0 Å². The number of carbonyl (C=O) groups is 2. The zero-order chi connectivity index (χ0) is 11.7. The van der Waals surface area contributed by atoms with Gasteiger partial charge in [0.2, 0.25) is 0 Å². The number of aryl methyl sites for hydroxylation is 1. The topological polar surface area (TPSA) is 74.6 Å². The maximum atomic E-state index is 10.9. The van der Waals surface area contributed by atoms with Gasteiger partial charge in [-0.25, -0.2) is 9.59 Å². The van der Waals surface area contributed by atoms with Crippen molar-refractivity contribution in [1.29, 1.82) is 0 Å². The third-order valence-corrected chi connectivity index (χ3v) is 2.64. The minimum Gasteiger partial charge on any atom is -0.478 e. The normalized spacial score (nSPS) is 10.1. The second-order valence-electron chi connectivity index (χ2n) is 3.17. The standard InChI is InChI=1S/C10H9ClO4/c1-4-3-6(9(12)13)5(2)7(8(4)11)10(14)15/h3H,1-2H3,(H,12,13)(H,14,15). The lowest BCUT2D eigenvalue weighted by molar-refractivity contribution is 0.0696. The van der Waals surface area contributed by atoms with E-state index in [-0.39, 0.29) is 21.7 Å². The Morgan fingerprint density at radius 2 is 1.73 bits per heavy atom. The average Bonchev–Trinajstić information content (AvgIpc) is 2.10. The van der Waals surface area contributed by atoms with Crippen LogP contribution in [0.1, 0.15) is 31.8 Å². The van der Waals surface area contributed by atoms with Crippen molar-refractivity contribution < 1.29 is 19.8 Å². The number of aromatic carboxylic acids is 2. The first-order chi connectivity index (χ1) is 6.86. The van der Waals surface area contributed by atoms with E-state index in [0.717, 1.165) is 0 Å². The van der Waals surface area contributed by atoms with E-state index in [9.17, 15) is 9.59 Å². The Kier molecular flexibility index (Phi) is 3.00. The Morgan fingerprint density at radius 1 is 1.20 bits per heavy atom. The molecule has 0 spiro atoms. The highest BCUT2D eigenvalue weighted by atomic mass is 35.5. The molecule has 15 heavy (non-hydrogen) atoms. The molecule has 1 aromatic carbocycles. The fraction of sp³-hybridized carbons (Fsp3) is 0.200. The number of hydrogen-bond acceptors (Lipinski definition) is 2. The number of rotatable bonds is 2. The van der Waals surface area contributed by atoms with Gasteiger partial charge < -0.3 is 10.2 Å². The highest BCUT2D eigenvalue weighted by Crippen LogP contribution is 2.27. The lowest BCUT2D eigenvalue weighted by Crippen LogP contribution is -2.09. The van der Waals surface area contributed by atoms with Crippen molar-refractivity contribution >= 4 is 23.5 Å². The molecule has 0 atom stereocenters. The van der Waals surface area contributed by atoms with Gasteiger partial charge in [-0.3, -0.25) is 0 Å². The first kappa shape index (κ1) is 11.5. The Labute approximate surface area is 91.1 Å². The summed E-state index contributed by atoms with van der Waals surface area (Å²) >= 11 is 5.80. The third kappa shape index (κ3) is 1.94. The Hall–Kier alpha value is -1.55. The van der Waals surface area contributed by atoms with E-state index in [0.29, 0.717) is 5.56 Å². The molecule has 0 fully saturated rings. The van der Waals surface area contributed by atoms with Gasteiger partial charge in [0.1, 0.15) is 0 Å². The van der Waals surface area contributed by atoms with Gasteiger partial charge in [-0.05, 0) is 31.0 Å². The van der Waals surface area contributed by atoms with Crippen molar-refractivity contribution in [2.75, 3.05) is 0 Å². The predicted molar refractivity (Wildman–Crippen MR) is 54.8 cm³/mol. The third-order valence-electron chi connectivity index (χ3n) is 2.15. The molecule has 80 valence electrons. The van der Waals surface area contributed by atoms with Crippen LogP contribution >= 0.6 is 11.6 Å². The molecular formula is C10H9ClO4. The van der Waals surface area contributed by atoms with Gasteiger partial charge in [0.15, 0.2) is 0 Å². The smallest absolute Gasteiger partial charge is 0.337 e. The van der Waals surface area contributed by atoms with E-state index in [1.54, 1.807) is 6.92 Å². The fourth-order valence-electron chi connectivity index (χ4n) is 1.36. The van der Waals surface area contributed by atoms with Crippen LogP contribution in [0.25, 0.3) is 0 Å². The zero-order valence-corrected chi connectivity index (χ0v) is 8.92. The second-order valence-corrected chi connectivity index (χ2v) is 3.54. The predicted octanol–water partition coefficient (Wildman–Crippen LogP) is 2.35. The van der Waals surface area contributed by atoms with E-state index in [1.165, 1.54) is 13.0 Å². The largest absolute Gasteiger partial charge is 0.478 e. The quantitative estimate of drug-likeness (QED) is 0.815. The number of benzene rings is 1. The maximum absolute atomic E-state index is 10.9. The minimum atomic E-state index is -1.22. The van der Waals surface area contributed by atoms with Crippen molar-refractivity contribution in [1.82, 2.24) is 0 Å². The molecule has 0 aliphatic rings. The van der Waals surface area contributed by atoms with Gasteiger partial charge in [0, 0.05) is 0 Å². The van der Waals surface area contributed by atoms with Crippen LogP contribution in [-0.4, -0.2) is 22.2 Å². The Balaban J connectivity index is 3.63. The van der Waals surface area contributed by atoms with E-state index < -0.39 is 11.9 Å². The van der Waals surface area contributed by atoms with Crippen LogP contribution in [0.5, 0.6) is 0 Å². The van der Waals surface area contributed by atoms with E-state index in [4.69, 9.17) is 21.8 Å². The first-order valence-corrected chi connectivity index (χ1v) is 4.50. The maximum Gasteiger partial charge on any atom is 0.337 e. The van der Waals surface area contributed by atoms with Gasteiger partial charge in [-0.15, -0.1) is 0 Å². The summed E-state index contributed by atoms with van der Waals surface area (Å²) in [5.74, 6) is -2.38. The van der Waals surface area contributed by atoms with Gasteiger partial charge in [0.25, 0.3) is 0 Å². The van der Waals surface area contributed by atoms with Crippen LogP contribution in [0, 0.1) is 13.8 Å². The molecule has 0 aliphatic heterocycles. The van der Waals surface area contributed by atoms with Crippen LogP contribution in [0.3, 0.4) is 0 Å². The average molecular weight is 229 g/mol. The number of halogens is 1. The van der Waals surface area contributed by atoms with Gasteiger partial charge in [-0.2, -0.15) is 0 Å². The van der Waals surface area contributed by atoms with E-state index in [1.807, 2.05) is 0 Å². The van der Waals surface area contributed by atoms with Crippen molar-refractivity contribution in [2.24, 2.45) is 0 Å². The SMILES string of the molecule is Cc1cc(C(=O)O)c(C)c(C(=O)O)c1Cl. The monoisotopic (exact) mass is 228 g/mol. The molecule has 4 nitrogen and oxygen atoms in total. The molecule has 5 heteroatoms. The second kappa shape index (κ2) is 3.90. The first-order valence-electron chi connectivity index (χ1n) is 4.12. The zero-order valence-electron chi connectivity index (χ0n) is 8.17. The van der Waals surface area contributed by atoms with Crippen LogP contribution in [0.15, 0.2) is 6.07 Å². The van der Waals surface area contributed by atoms with Gasteiger partial charge in [0.05, 0.1) is 16.1 Å². The summed E-state index contributed by atoms with van der Waals surface area (Å²) in [5, 5.41) is 17.8. The number of hydrogen-bond donors (Lipinski definition) is 2. The van der Waals surface area contributed by atoms with Gasteiger partial charge >= 0.3 is 11.9 Å². The van der Waals surface area contributed by atoms with Crippen LogP contribution in [0.4, 0.5) is 0 Å². The lowest BCUT2D eigenvalue weighted by atomic mass is 9.99. The summed E-state index contributed by atoms with van der Waals surface area (Å²) < 4.78 is 0. The highest BCUT2D eigenvalue weighted by Gasteiger charge is 2.20. The summed E-state index contributed by atoms with van der Waals surface area (Å²) in [6.45, 7) is 3.00. The summed E-state index contributed by atoms with van der Waals surface area (Å²) in [7, 11) is 0. The Bertz CT molecular complexity index is 451. The number of carboxylic acids is 2. The molecule has 0 aromatic heterocycles. The molecule has 1 aromatic rings. The molecular weight excluding hydrogens is 220 g/mol.